The number of hydrogen-bond acceptors (Lipinski definition) is 5. The Kier molecular flexibility index (Phi) is 4.99. The molecule has 0 aromatic carbocycles. The maximum Gasteiger partial charge on any atom is 0.0824 e. The van der Waals surface area contributed by atoms with E-state index in [1.807, 2.05) is 0 Å². The maximum absolute atomic E-state index is 8.84. The van der Waals surface area contributed by atoms with Crippen molar-refractivity contribution in [2.45, 2.75) is 6.10 Å². The van der Waals surface area contributed by atoms with Gasteiger partial charge in [-0.15, -0.1) is 0 Å². The van der Waals surface area contributed by atoms with Crippen LogP contribution in [0, 0.1) is 0 Å². The van der Waals surface area contributed by atoms with Crippen molar-refractivity contribution in [2.24, 2.45) is 0 Å². The van der Waals surface area contributed by atoms with Gasteiger partial charge in [0.25, 0.3) is 0 Å². The van der Waals surface area contributed by atoms with Gasteiger partial charge < -0.3 is 15.2 Å². The number of ether oxygens (including phenoxy) is 1. The topological polar surface area (TPSA) is 48.0 Å². The van der Waals surface area contributed by atoms with Gasteiger partial charge in [0.2, 0.25) is 0 Å². The van der Waals surface area contributed by atoms with Crippen LogP contribution in [0.2, 0.25) is 0 Å². The van der Waals surface area contributed by atoms with Gasteiger partial charge in [-0.25, -0.2) is 0 Å². The molecular formula is C11H23N3O2. The molecule has 2 aliphatic rings. The summed E-state index contributed by atoms with van der Waals surface area (Å²) in [5, 5.41) is 12.0. The van der Waals surface area contributed by atoms with Gasteiger partial charge in [-0.2, -0.15) is 0 Å². The van der Waals surface area contributed by atoms with Crippen LogP contribution in [0.3, 0.4) is 0 Å². The van der Waals surface area contributed by atoms with Crippen molar-refractivity contribution in [2.75, 3.05) is 65.6 Å². The highest BCUT2D eigenvalue weighted by Crippen LogP contribution is 2.02. The molecule has 0 bridgehead atoms. The summed E-state index contributed by atoms with van der Waals surface area (Å²) in [5.74, 6) is 0. The molecule has 94 valence electrons. The Hall–Kier alpha value is -0.200. The molecule has 0 saturated carbocycles. The molecule has 2 heterocycles. The minimum atomic E-state index is 0.276. The lowest BCUT2D eigenvalue weighted by molar-refractivity contribution is 0.00102. The number of nitrogens with zero attached hydrogens (tertiary/aromatic N) is 2. The zero-order valence-electron chi connectivity index (χ0n) is 9.90. The molecule has 0 unspecified atom stereocenters. The zero-order chi connectivity index (χ0) is 11.2. The van der Waals surface area contributed by atoms with E-state index < -0.39 is 0 Å². The van der Waals surface area contributed by atoms with Crippen LogP contribution in [0.5, 0.6) is 0 Å². The first-order valence-electron chi connectivity index (χ1n) is 6.26. The van der Waals surface area contributed by atoms with E-state index in [9.17, 15) is 0 Å². The summed E-state index contributed by atoms with van der Waals surface area (Å²) in [7, 11) is 0. The number of nitrogens with one attached hydrogen (secondary N) is 1. The second-order valence-electron chi connectivity index (χ2n) is 4.56. The molecule has 0 aliphatic carbocycles. The smallest absolute Gasteiger partial charge is 0.0824 e. The van der Waals surface area contributed by atoms with Gasteiger partial charge >= 0.3 is 0 Å². The van der Waals surface area contributed by atoms with E-state index in [-0.39, 0.29) is 6.61 Å². The standard InChI is InChI=1S/C11H23N3O2/c15-7-5-13-1-3-14(4-2-13)6-8-16-11-9-12-10-11/h11-12,15H,1-10H2. The summed E-state index contributed by atoms with van der Waals surface area (Å²) in [5.41, 5.74) is 0. The minimum absolute atomic E-state index is 0.276. The Labute approximate surface area is 97.4 Å². The van der Waals surface area contributed by atoms with Gasteiger partial charge in [-0.1, -0.05) is 0 Å². The molecule has 2 rings (SSSR count). The molecule has 5 heteroatoms. The van der Waals surface area contributed by atoms with Crippen LogP contribution in [-0.4, -0.2) is 86.6 Å². The van der Waals surface area contributed by atoms with Crippen molar-refractivity contribution in [3.05, 3.63) is 0 Å². The molecule has 0 aromatic rings. The largest absolute Gasteiger partial charge is 0.395 e. The summed E-state index contributed by atoms with van der Waals surface area (Å²) in [4.78, 5) is 4.76. The first kappa shape index (κ1) is 12.3. The van der Waals surface area contributed by atoms with Gasteiger partial charge in [0.1, 0.15) is 0 Å². The molecule has 0 aromatic heterocycles. The van der Waals surface area contributed by atoms with Gasteiger partial charge in [0.05, 0.1) is 19.3 Å². The number of piperazine rings is 1. The highest BCUT2D eigenvalue weighted by Gasteiger charge is 2.19. The van der Waals surface area contributed by atoms with Gasteiger partial charge in [0, 0.05) is 52.4 Å². The molecule has 0 radical (unpaired) electrons. The second-order valence-corrected chi connectivity index (χ2v) is 4.56. The van der Waals surface area contributed by atoms with E-state index in [1.54, 1.807) is 0 Å². The molecule has 5 nitrogen and oxygen atoms in total. The normalized spacial score (nSPS) is 24.6. The van der Waals surface area contributed by atoms with Crippen LogP contribution in [0.25, 0.3) is 0 Å². The van der Waals surface area contributed by atoms with Crippen molar-refractivity contribution in [3.63, 3.8) is 0 Å². The van der Waals surface area contributed by atoms with E-state index in [0.717, 1.165) is 59.0 Å². The van der Waals surface area contributed by atoms with Crippen molar-refractivity contribution in [1.82, 2.24) is 15.1 Å². The van der Waals surface area contributed by atoms with E-state index >= 15 is 0 Å². The Morgan fingerprint density at radius 3 is 2.19 bits per heavy atom. The van der Waals surface area contributed by atoms with Crippen LogP contribution >= 0.6 is 0 Å². The highest BCUT2D eigenvalue weighted by molar-refractivity contribution is 4.76. The monoisotopic (exact) mass is 229 g/mol. The Morgan fingerprint density at radius 2 is 1.69 bits per heavy atom. The number of hydrogen-bond donors (Lipinski definition) is 2. The molecule has 2 fully saturated rings. The van der Waals surface area contributed by atoms with Crippen LogP contribution in [0.4, 0.5) is 0 Å². The van der Waals surface area contributed by atoms with Crippen molar-refractivity contribution in [1.29, 1.82) is 0 Å². The minimum Gasteiger partial charge on any atom is -0.395 e. The first-order chi connectivity index (χ1) is 7.88. The molecule has 16 heavy (non-hydrogen) atoms. The summed E-state index contributed by atoms with van der Waals surface area (Å²) in [6, 6.07) is 0. The Morgan fingerprint density at radius 1 is 1.06 bits per heavy atom. The quantitative estimate of drug-likeness (QED) is 0.586. The summed E-state index contributed by atoms with van der Waals surface area (Å²) in [6.45, 7) is 9.38. The van der Waals surface area contributed by atoms with Gasteiger partial charge in [-0.05, 0) is 0 Å². The first-order valence-corrected chi connectivity index (χ1v) is 6.26. The molecule has 0 atom stereocenters. The lowest BCUT2D eigenvalue weighted by atomic mass is 10.2. The fraction of sp³-hybridized carbons (Fsp3) is 1.00. The van der Waals surface area contributed by atoms with Gasteiger partial charge in [-0.3, -0.25) is 9.80 Å². The third-order valence-electron chi connectivity index (χ3n) is 3.39. The summed E-state index contributed by atoms with van der Waals surface area (Å²) >= 11 is 0. The maximum atomic E-state index is 8.84. The summed E-state index contributed by atoms with van der Waals surface area (Å²) < 4.78 is 5.70. The molecule has 2 saturated heterocycles. The van der Waals surface area contributed by atoms with E-state index in [4.69, 9.17) is 9.84 Å². The average Bonchev–Trinajstić information content (AvgIpc) is 2.24. The van der Waals surface area contributed by atoms with Gasteiger partial charge in [0.15, 0.2) is 0 Å². The van der Waals surface area contributed by atoms with Crippen molar-refractivity contribution in [3.8, 4) is 0 Å². The lowest BCUT2D eigenvalue weighted by Gasteiger charge is -2.35. The fourth-order valence-corrected chi connectivity index (χ4v) is 2.11. The predicted octanol–water partition coefficient (Wildman–Crippen LogP) is -1.42. The Balaban J connectivity index is 1.51. The third-order valence-corrected chi connectivity index (χ3v) is 3.39. The fourth-order valence-electron chi connectivity index (χ4n) is 2.11. The predicted molar refractivity (Wildman–Crippen MR) is 62.6 cm³/mol. The van der Waals surface area contributed by atoms with E-state index in [0.29, 0.717) is 6.10 Å². The second kappa shape index (κ2) is 6.51. The molecule has 2 N–H and O–H groups in total. The van der Waals surface area contributed by atoms with Crippen molar-refractivity contribution >= 4 is 0 Å². The average molecular weight is 229 g/mol. The van der Waals surface area contributed by atoms with Crippen LogP contribution in [-0.2, 0) is 4.74 Å². The summed E-state index contributed by atoms with van der Waals surface area (Å²) in [6.07, 6.45) is 0.454. The van der Waals surface area contributed by atoms with Crippen LogP contribution in [0.15, 0.2) is 0 Å². The van der Waals surface area contributed by atoms with E-state index in [2.05, 4.69) is 15.1 Å². The highest BCUT2D eigenvalue weighted by atomic mass is 16.5. The molecular weight excluding hydrogens is 206 g/mol. The van der Waals surface area contributed by atoms with Crippen LogP contribution < -0.4 is 5.32 Å². The van der Waals surface area contributed by atoms with Crippen molar-refractivity contribution < 1.29 is 9.84 Å². The number of aliphatic hydroxyl groups excluding tert-OH is 1. The number of aliphatic hydroxyl groups is 1. The Bertz CT molecular complexity index is 192. The SMILES string of the molecule is OCCN1CCN(CCOC2CNC2)CC1. The molecule has 0 amide bonds. The van der Waals surface area contributed by atoms with Crippen LogP contribution in [0.1, 0.15) is 0 Å². The number of rotatable bonds is 6. The number of β-amino-alcohol motifs (C(OH)–C–C–N with tert-alkyl or cyclic N) is 1. The molecule has 0 spiro atoms. The molecule has 2 aliphatic heterocycles. The lowest BCUT2D eigenvalue weighted by Crippen LogP contribution is -2.50. The van der Waals surface area contributed by atoms with E-state index in [1.165, 1.54) is 0 Å². The zero-order valence-corrected chi connectivity index (χ0v) is 9.90. The third kappa shape index (κ3) is 3.68.